The molecule has 1 heterocycles. The number of methoxy groups -OCH3 is 2. The topological polar surface area (TPSA) is 93.7 Å². The first-order chi connectivity index (χ1) is 12.9. The summed E-state index contributed by atoms with van der Waals surface area (Å²) in [7, 11) is 3.09. The molecule has 0 radical (unpaired) electrons. The molecule has 7 nitrogen and oxygen atoms in total. The van der Waals surface area contributed by atoms with Crippen LogP contribution in [0.5, 0.6) is 17.2 Å². The average Bonchev–Trinajstić information content (AvgIpc) is 2.64. The molecule has 0 saturated heterocycles. The molecule has 0 aliphatic carbocycles. The number of phenols is 1. The van der Waals surface area contributed by atoms with Gasteiger partial charge >= 0.3 is 0 Å². The smallest absolute Gasteiger partial charge is 0.262 e. The molecule has 0 saturated carbocycles. The quantitative estimate of drug-likeness (QED) is 0.648. The third-order valence-electron chi connectivity index (χ3n) is 4.29. The monoisotopic (exact) mass is 370 g/mol. The van der Waals surface area contributed by atoms with Gasteiger partial charge < -0.3 is 24.3 Å². The van der Waals surface area contributed by atoms with Crippen molar-refractivity contribution in [3.8, 4) is 28.6 Å². The van der Waals surface area contributed by atoms with Crippen LogP contribution < -0.4 is 15.0 Å². The standard InChI is InChI=1S/C20H22N2O5/c1-11-7-13(8-12(2)18(11)23)19-21-15-9-14(27-6-5-25-3)10-16(26-4)17(15)20(24)22-19/h7-10,23H,5-6H2,1-4H3,(H,21,22,24). The number of nitrogens with one attached hydrogen (secondary N) is 1. The molecule has 0 fully saturated rings. The van der Waals surface area contributed by atoms with Gasteiger partial charge in [0.2, 0.25) is 0 Å². The van der Waals surface area contributed by atoms with E-state index in [0.717, 1.165) is 0 Å². The number of nitrogens with zero attached hydrogens (tertiary/aromatic N) is 1. The van der Waals surface area contributed by atoms with Crippen LogP contribution in [-0.4, -0.2) is 42.5 Å². The van der Waals surface area contributed by atoms with Gasteiger partial charge in [0.15, 0.2) is 0 Å². The lowest BCUT2D eigenvalue weighted by Gasteiger charge is -2.12. The molecule has 7 heteroatoms. The largest absolute Gasteiger partial charge is 0.507 e. The predicted molar refractivity (Wildman–Crippen MR) is 103 cm³/mol. The molecule has 0 amide bonds. The first-order valence-corrected chi connectivity index (χ1v) is 8.49. The summed E-state index contributed by atoms with van der Waals surface area (Å²) in [5.74, 6) is 1.57. The molecule has 2 aromatic carbocycles. The lowest BCUT2D eigenvalue weighted by Crippen LogP contribution is -2.12. The number of H-pyrrole nitrogens is 1. The van der Waals surface area contributed by atoms with Gasteiger partial charge in [-0.05, 0) is 37.1 Å². The van der Waals surface area contributed by atoms with Crippen molar-refractivity contribution in [2.75, 3.05) is 27.4 Å². The highest BCUT2D eigenvalue weighted by molar-refractivity contribution is 5.87. The molecule has 3 rings (SSSR count). The number of phenolic OH excluding ortho intramolecular Hbond substituents is 1. The maximum Gasteiger partial charge on any atom is 0.262 e. The third-order valence-corrected chi connectivity index (χ3v) is 4.29. The zero-order chi connectivity index (χ0) is 19.6. The molecule has 2 N–H and O–H groups in total. The number of aromatic amines is 1. The van der Waals surface area contributed by atoms with E-state index >= 15 is 0 Å². The minimum atomic E-state index is -0.307. The lowest BCUT2D eigenvalue weighted by atomic mass is 10.0. The highest BCUT2D eigenvalue weighted by atomic mass is 16.5. The molecule has 0 atom stereocenters. The van der Waals surface area contributed by atoms with E-state index in [1.165, 1.54) is 7.11 Å². The predicted octanol–water partition coefficient (Wildman–Crippen LogP) is 2.95. The van der Waals surface area contributed by atoms with Crippen LogP contribution in [0.25, 0.3) is 22.3 Å². The van der Waals surface area contributed by atoms with Gasteiger partial charge in [0.05, 0.1) is 19.2 Å². The van der Waals surface area contributed by atoms with Crippen LogP contribution in [-0.2, 0) is 4.74 Å². The number of aryl methyl sites for hydroxylation is 2. The molecule has 0 bridgehead atoms. The summed E-state index contributed by atoms with van der Waals surface area (Å²) in [6.45, 7) is 4.42. The fourth-order valence-corrected chi connectivity index (χ4v) is 2.93. The molecule has 0 spiro atoms. The van der Waals surface area contributed by atoms with Crippen LogP contribution in [0, 0.1) is 13.8 Å². The zero-order valence-electron chi connectivity index (χ0n) is 15.8. The number of aromatic hydroxyl groups is 1. The summed E-state index contributed by atoms with van der Waals surface area (Å²) in [6, 6.07) is 6.92. The van der Waals surface area contributed by atoms with E-state index in [1.807, 2.05) is 0 Å². The van der Waals surface area contributed by atoms with Crippen LogP contribution in [0.4, 0.5) is 0 Å². The molecule has 3 aromatic rings. The molecule has 0 aliphatic rings. The van der Waals surface area contributed by atoms with E-state index in [9.17, 15) is 9.90 Å². The fourth-order valence-electron chi connectivity index (χ4n) is 2.93. The van der Waals surface area contributed by atoms with Gasteiger partial charge in [0.1, 0.15) is 35.1 Å². The van der Waals surface area contributed by atoms with E-state index in [-0.39, 0.29) is 11.3 Å². The van der Waals surface area contributed by atoms with Gasteiger partial charge in [-0.15, -0.1) is 0 Å². The highest BCUT2D eigenvalue weighted by Gasteiger charge is 2.14. The number of hydrogen-bond acceptors (Lipinski definition) is 6. The van der Waals surface area contributed by atoms with Crippen molar-refractivity contribution in [2.45, 2.75) is 13.8 Å². The summed E-state index contributed by atoms with van der Waals surface area (Å²) in [5.41, 5.74) is 2.29. The average molecular weight is 370 g/mol. The van der Waals surface area contributed by atoms with Crippen molar-refractivity contribution in [3.63, 3.8) is 0 Å². The summed E-state index contributed by atoms with van der Waals surface area (Å²) >= 11 is 0. The Balaban J connectivity index is 2.15. The van der Waals surface area contributed by atoms with Crippen molar-refractivity contribution in [1.82, 2.24) is 9.97 Å². The Bertz CT molecular complexity index is 1020. The number of benzene rings is 2. The fraction of sp³-hybridized carbons (Fsp3) is 0.300. The molecular weight excluding hydrogens is 348 g/mol. The van der Waals surface area contributed by atoms with E-state index in [2.05, 4.69) is 9.97 Å². The van der Waals surface area contributed by atoms with Gasteiger partial charge in [-0.2, -0.15) is 0 Å². The van der Waals surface area contributed by atoms with Crippen molar-refractivity contribution < 1.29 is 19.3 Å². The van der Waals surface area contributed by atoms with Crippen molar-refractivity contribution >= 4 is 10.9 Å². The van der Waals surface area contributed by atoms with Crippen LogP contribution in [0.3, 0.4) is 0 Å². The van der Waals surface area contributed by atoms with Gasteiger partial charge in [-0.25, -0.2) is 4.98 Å². The van der Waals surface area contributed by atoms with Gasteiger partial charge in [0.25, 0.3) is 5.56 Å². The first kappa shape index (κ1) is 18.7. The summed E-state index contributed by atoms with van der Waals surface area (Å²) in [5, 5.41) is 10.3. The molecule has 142 valence electrons. The maximum atomic E-state index is 12.7. The minimum absolute atomic E-state index is 0.234. The SMILES string of the molecule is COCCOc1cc(OC)c2c(=O)[nH]c(-c3cc(C)c(O)c(C)c3)nc2c1. The number of fused-ring (bicyclic) bond motifs is 1. The zero-order valence-corrected chi connectivity index (χ0v) is 15.8. The maximum absolute atomic E-state index is 12.7. The highest BCUT2D eigenvalue weighted by Crippen LogP contribution is 2.31. The van der Waals surface area contributed by atoms with Gasteiger partial charge in [-0.3, -0.25) is 4.79 Å². The van der Waals surface area contributed by atoms with E-state index < -0.39 is 0 Å². The van der Waals surface area contributed by atoms with E-state index in [0.29, 0.717) is 58.1 Å². The summed E-state index contributed by atoms with van der Waals surface area (Å²) in [6.07, 6.45) is 0. The first-order valence-electron chi connectivity index (χ1n) is 8.49. The molecule has 0 unspecified atom stereocenters. The second kappa shape index (κ2) is 7.67. The normalized spacial score (nSPS) is 11.0. The number of ether oxygens (including phenoxy) is 3. The Morgan fingerprint density at radius 1 is 1.07 bits per heavy atom. The Labute approximate surface area is 156 Å². The van der Waals surface area contributed by atoms with Crippen molar-refractivity contribution in [1.29, 1.82) is 0 Å². The van der Waals surface area contributed by atoms with Crippen molar-refractivity contribution in [2.24, 2.45) is 0 Å². The van der Waals surface area contributed by atoms with Crippen LogP contribution >= 0.6 is 0 Å². The second-order valence-electron chi connectivity index (χ2n) is 6.23. The Morgan fingerprint density at radius 2 is 1.78 bits per heavy atom. The number of rotatable bonds is 6. The third kappa shape index (κ3) is 3.73. The van der Waals surface area contributed by atoms with E-state index in [4.69, 9.17) is 14.2 Å². The van der Waals surface area contributed by atoms with Gasteiger partial charge in [-0.1, -0.05) is 0 Å². The van der Waals surface area contributed by atoms with Crippen LogP contribution in [0.1, 0.15) is 11.1 Å². The summed E-state index contributed by atoms with van der Waals surface area (Å²) in [4.78, 5) is 20.1. The van der Waals surface area contributed by atoms with Crippen molar-refractivity contribution in [3.05, 3.63) is 45.7 Å². The van der Waals surface area contributed by atoms with Crippen LogP contribution in [0.15, 0.2) is 29.1 Å². The molecule has 27 heavy (non-hydrogen) atoms. The Kier molecular flexibility index (Phi) is 5.32. The molecule has 0 aliphatic heterocycles. The second-order valence-corrected chi connectivity index (χ2v) is 6.23. The molecular formula is C20H22N2O5. The number of aromatic nitrogens is 2. The van der Waals surface area contributed by atoms with E-state index in [1.54, 1.807) is 45.2 Å². The molecule has 1 aromatic heterocycles. The number of hydrogen-bond donors (Lipinski definition) is 2. The Morgan fingerprint density at radius 3 is 2.41 bits per heavy atom. The lowest BCUT2D eigenvalue weighted by molar-refractivity contribution is 0.146. The minimum Gasteiger partial charge on any atom is -0.507 e. The van der Waals surface area contributed by atoms with Crippen LogP contribution in [0.2, 0.25) is 0 Å². The van der Waals surface area contributed by atoms with Gasteiger partial charge in [0, 0.05) is 24.8 Å². The summed E-state index contributed by atoms with van der Waals surface area (Å²) < 4.78 is 16.0. The Hall–Kier alpha value is -3.06.